The lowest BCUT2D eigenvalue weighted by atomic mass is 9.71. The minimum absolute atomic E-state index is 0.0378. The largest absolute Gasteiger partial charge is 0.411 e. The van der Waals surface area contributed by atoms with Crippen molar-refractivity contribution in [2.24, 2.45) is 0 Å². The highest BCUT2D eigenvalue weighted by molar-refractivity contribution is 6.33. The molecule has 4 aromatic rings. The first-order chi connectivity index (χ1) is 25.5. The van der Waals surface area contributed by atoms with Gasteiger partial charge in [0.05, 0.1) is 0 Å². The van der Waals surface area contributed by atoms with Crippen LogP contribution in [0.3, 0.4) is 0 Å². The molecule has 56 heavy (non-hydrogen) atoms. The molecule has 0 nitrogen and oxygen atoms in total. The van der Waals surface area contributed by atoms with Gasteiger partial charge in [-0.2, -0.15) is 52.7 Å². The van der Waals surface area contributed by atoms with Crippen LogP contribution in [0.2, 0.25) is 20.1 Å². The van der Waals surface area contributed by atoms with E-state index in [1.165, 1.54) is 52.0 Å². The average molecular weight is 882 g/mol. The van der Waals surface area contributed by atoms with Gasteiger partial charge in [0, 0.05) is 20.1 Å². The van der Waals surface area contributed by atoms with Crippen molar-refractivity contribution in [1.29, 1.82) is 0 Å². The second-order valence-electron chi connectivity index (χ2n) is 12.8. The van der Waals surface area contributed by atoms with E-state index in [1.54, 1.807) is 13.8 Å². The second kappa shape index (κ2) is 16.9. The molecule has 16 heteroatoms. The minimum Gasteiger partial charge on any atom is -0.169 e. The predicted octanol–water partition coefficient (Wildman–Crippen LogP) is 16.1. The number of hydrogen-bond acceptors (Lipinski definition) is 0. The van der Waals surface area contributed by atoms with Crippen LogP contribution in [0.15, 0.2) is 72.8 Å². The van der Waals surface area contributed by atoms with Gasteiger partial charge in [0.25, 0.3) is 0 Å². The molecular weight excluding hydrogens is 850 g/mol. The summed E-state index contributed by atoms with van der Waals surface area (Å²) in [7, 11) is 0. The summed E-state index contributed by atoms with van der Waals surface area (Å²) in [5, 5.41) is 0.326. The Morgan fingerprint density at radius 3 is 0.875 bits per heavy atom. The van der Waals surface area contributed by atoms with Crippen molar-refractivity contribution in [2.75, 3.05) is 0 Å². The van der Waals surface area contributed by atoms with Gasteiger partial charge in [0.2, 0.25) is 10.8 Å². The molecule has 4 aromatic carbocycles. The summed E-state index contributed by atoms with van der Waals surface area (Å²) in [5.74, 6) is 0. The molecule has 0 aliphatic heterocycles. The number of allylic oxidation sites excluding steroid dienone is 2. The average Bonchev–Trinajstić information content (AvgIpc) is 3.03. The molecule has 0 aliphatic carbocycles. The molecule has 304 valence electrons. The Bertz CT molecular complexity index is 1920. The quantitative estimate of drug-likeness (QED) is 0.169. The third-order valence-corrected chi connectivity index (χ3v) is 10.9. The molecule has 0 saturated carbocycles. The third kappa shape index (κ3) is 8.59. The summed E-state index contributed by atoms with van der Waals surface area (Å²) in [5.41, 5.74) is -11.7. The molecule has 0 heterocycles. The van der Waals surface area contributed by atoms with Gasteiger partial charge in [-0.3, -0.25) is 0 Å². The van der Waals surface area contributed by atoms with Gasteiger partial charge in [0.15, 0.2) is 0 Å². The van der Waals surface area contributed by atoms with Crippen molar-refractivity contribution in [3.05, 3.63) is 149 Å². The maximum Gasteiger partial charge on any atom is 0.411 e. The van der Waals surface area contributed by atoms with Crippen molar-refractivity contribution < 1.29 is 52.7 Å². The summed E-state index contributed by atoms with van der Waals surface area (Å²) < 4.78 is 171. The normalized spacial score (nSPS) is 13.4. The van der Waals surface area contributed by atoms with Crippen LogP contribution in [0.4, 0.5) is 52.7 Å². The molecular formula is C40H32Cl4F12. The zero-order chi connectivity index (χ0) is 43.0. The highest BCUT2D eigenvalue weighted by Crippen LogP contribution is 2.58. The maximum atomic E-state index is 14.3. The van der Waals surface area contributed by atoms with Crippen LogP contribution < -0.4 is 0 Å². The molecule has 0 amide bonds. The topological polar surface area (TPSA) is 0 Å². The van der Waals surface area contributed by atoms with E-state index in [0.29, 0.717) is 0 Å². The summed E-state index contributed by atoms with van der Waals surface area (Å²) in [6.45, 7) is 8.63. The van der Waals surface area contributed by atoms with E-state index in [9.17, 15) is 52.7 Å². The number of aryl methyl sites for hydroxylation is 4. The summed E-state index contributed by atoms with van der Waals surface area (Å²) in [6, 6.07) is 8.56. The number of benzene rings is 4. The molecule has 0 aliphatic rings. The van der Waals surface area contributed by atoms with Crippen LogP contribution in [0.5, 0.6) is 0 Å². The van der Waals surface area contributed by atoms with Crippen LogP contribution in [-0.2, 0) is 10.8 Å². The first-order valence-electron chi connectivity index (χ1n) is 16.2. The number of alkyl halides is 12. The smallest absolute Gasteiger partial charge is 0.169 e. The molecule has 0 atom stereocenters. The molecule has 0 N–H and O–H groups in total. The fourth-order valence-corrected chi connectivity index (χ4v) is 7.04. The van der Waals surface area contributed by atoms with Crippen molar-refractivity contribution >= 4 is 58.6 Å². The number of halogens is 16. The van der Waals surface area contributed by atoms with Gasteiger partial charge in [-0.05, 0) is 121 Å². The Balaban J connectivity index is 0.000000301. The Labute approximate surface area is 335 Å². The van der Waals surface area contributed by atoms with Crippen molar-refractivity contribution in [3.63, 3.8) is 0 Å². The van der Waals surface area contributed by atoms with Gasteiger partial charge in [-0.15, -0.1) is 0 Å². The highest BCUT2D eigenvalue weighted by atomic mass is 35.5. The summed E-state index contributed by atoms with van der Waals surface area (Å²) in [4.78, 5) is 0. The molecule has 0 unspecified atom stereocenters. The minimum atomic E-state index is -5.69. The van der Waals surface area contributed by atoms with Gasteiger partial charge < -0.3 is 0 Å². The maximum absolute atomic E-state index is 14.3. The first kappa shape index (κ1) is 47.1. The number of hydrogen-bond donors (Lipinski definition) is 0. The Hall–Kier alpha value is -3.32. The van der Waals surface area contributed by atoms with Gasteiger partial charge in [0.1, 0.15) is 0 Å². The fraction of sp³-hybridized carbons (Fsp3) is 0.300. The highest BCUT2D eigenvalue weighted by Gasteiger charge is 2.73. The van der Waals surface area contributed by atoms with Crippen molar-refractivity contribution in [3.8, 4) is 0 Å². The van der Waals surface area contributed by atoms with Gasteiger partial charge in [-0.25, -0.2) is 0 Å². The molecule has 0 radical (unpaired) electrons. The Kier molecular flexibility index (Phi) is 14.2. The van der Waals surface area contributed by atoms with Crippen molar-refractivity contribution in [2.45, 2.75) is 77.1 Å². The zero-order valence-electron chi connectivity index (χ0n) is 30.1. The fourth-order valence-electron chi connectivity index (χ4n) is 6.46. The lowest BCUT2D eigenvalue weighted by molar-refractivity contribution is -0.290. The molecule has 0 bridgehead atoms. The Morgan fingerprint density at radius 2 is 0.643 bits per heavy atom. The van der Waals surface area contributed by atoms with Crippen LogP contribution in [0, 0.1) is 27.7 Å². The molecule has 0 spiro atoms. The standard InChI is InChI=1S/C21H16Cl2F6.C19H16Cl2F6/c1-3-5-13-11-15(7-9-17(13)22)19(20(24,25)26,21(27,28)29)16-8-10-18(23)14(12-16)6-4-2;1-9-5-13(6-10(2)15(9)20)17(18(22,23)24,19(25,26)27)14-7-11(3)16(21)12(4)8-14/h3-12H,1-2H3;5-8H,1-4H3. The van der Waals surface area contributed by atoms with Crippen LogP contribution >= 0.6 is 46.4 Å². The summed E-state index contributed by atoms with van der Waals surface area (Å²) >= 11 is 23.8. The number of rotatable bonds is 6. The van der Waals surface area contributed by atoms with Crippen LogP contribution in [0.25, 0.3) is 12.2 Å². The lowest BCUT2D eigenvalue weighted by Crippen LogP contribution is -2.55. The van der Waals surface area contributed by atoms with E-state index in [4.69, 9.17) is 46.4 Å². The van der Waals surface area contributed by atoms with E-state index >= 15 is 0 Å². The van der Waals surface area contributed by atoms with E-state index in [2.05, 4.69) is 0 Å². The Morgan fingerprint density at radius 1 is 0.393 bits per heavy atom. The van der Waals surface area contributed by atoms with E-state index < -0.39 is 57.8 Å². The van der Waals surface area contributed by atoms with E-state index in [-0.39, 0.29) is 53.5 Å². The zero-order valence-corrected chi connectivity index (χ0v) is 33.2. The molecule has 0 saturated heterocycles. The van der Waals surface area contributed by atoms with Crippen molar-refractivity contribution in [1.82, 2.24) is 0 Å². The first-order valence-corrected chi connectivity index (χ1v) is 17.7. The lowest BCUT2D eigenvalue weighted by Gasteiger charge is -2.39. The monoisotopic (exact) mass is 880 g/mol. The SMILES string of the molecule is CC=Cc1cc(C(c2ccc(Cl)c(C=CC)c2)(C(F)(F)F)C(F)(F)F)ccc1Cl.Cc1cc(C(c2cc(C)c(Cl)c(C)c2)(C(F)(F)F)C(F)(F)F)cc(C)c1Cl. The third-order valence-electron chi connectivity index (χ3n) is 8.99. The molecule has 4 rings (SSSR count). The van der Waals surface area contributed by atoms with E-state index in [1.807, 2.05) is 0 Å². The van der Waals surface area contributed by atoms with Crippen LogP contribution in [-0.4, -0.2) is 24.7 Å². The van der Waals surface area contributed by atoms with E-state index in [0.717, 1.165) is 60.7 Å². The molecule has 0 fully saturated rings. The molecule has 0 aromatic heterocycles. The van der Waals surface area contributed by atoms with Crippen LogP contribution in [0.1, 0.15) is 69.5 Å². The summed E-state index contributed by atoms with van der Waals surface area (Å²) in [6.07, 6.45) is -17.0. The van der Waals surface area contributed by atoms with Gasteiger partial charge in [-0.1, -0.05) is 107 Å². The second-order valence-corrected chi connectivity index (χ2v) is 14.4. The van der Waals surface area contributed by atoms with Gasteiger partial charge >= 0.3 is 24.7 Å². The predicted molar refractivity (Wildman–Crippen MR) is 200 cm³/mol.